The third kappa shape index (κ3) is 5.55. The van der Waals surface area contributed by atoms with Crippen LogP contribution in [0.3, 0.4) is 0 Å². The highest BCUT2D eigenvalue weighted by atomic mass is 35.5. The van der Waals surface area contributed by atoms with E-state index < -0.39 is 0 Å². The number of nitrogens with zero attached hydrogens (tertiary/aromatic N) is 2. The molecular formula is C26H22ClN3O3S. The normalized spacial score (nSPS) is 10.9. The molecule has 1 aromatic heterocycles. The average Bonchev–Trinajstić information content (AvgIpc) is 3.14. The Kier molecular flexibility index (Phi) is 7.14. The minimum atomic E-state index is -0.267. The quantitative estimate of drug-likeness (QED) is 0.246. The van der Waals surface area contributed by atoms with Gasteiger partial charge in [0.05, 0.1) is 23.3 Å². The molecule has 1 amide bonds. The molecule has 0 radical (unpaired) electrons. The molecule has 3 aromatic carbocycles. The Balaban J connectivity index is 1.55. The van der Waals surface area contributed by atoms with Gasteiger partial charge in [-0.3, -0.25) is 14.4 Å². The zero-order valence-electron chi connectivity index (χ0n) is 18.7. The number of hydrogen-bond acceptors (Lipinski definition) is 5. The Labute approximate surface area is 206 Å². The molecule has 0 saturated heterocycles. The number of imidazole rings is 1. The summed E-state index contributed by atoms with van der Waals surface area (Å²) in [6.07, 6.45) is 0. The van der Waals surface area contributed by atoms with Crippen molar-refractivity contribution in [3.8, 4) is 0 Å². The van der Waals surface area contributed by atoms with Gasteiger partial charge in [-0.25, -0.2) is 4.98 Å². The number of halogens is 1. The first-order chi connectivity index (χ1) is 16.3. The molecule has 0 atom stereocenters. The topological polar surface area (TPSA) is 81.1 Å². The number of benzene rings is 3. The van der Waals surface area contributed by atoms with Crippen molar-refractivity contribution in [1.29, 1.82) is 0 Å². The van der Waals surface area contributed by atoms with Crippen molar-refractivity contribution >= 4 is 57.6 Å². The Morgan fingerprint density at radius 3 is 2.26 bits per heavy atom. The van der Waals surface area contributed by atoms with E-state index in [0.717, 1.165) is 16.6 Å². The third-order valence-electron chi connectivity index (χ3n) is 5.22. The molecule has 0 bridgehead atoms. The number of carbonyl (C=O) groups excluding carboxylic acids is 3. The van der Waals surface area contributed by atoms with E-state index in [-0.39, 0.29) is 23.2 Å². The number of fused-ring (bicyclic) bond motifs is 1. The van der Waals surface area contributed by atoms with Gasteiger partial charge in [-0.1, -0.05) is 53.7 Å². The van der Waals surface area contributed by atoms with Crippen LogP contribution in [-0.4, -0.2) is 32.8 Å². The Hall–Kier alpha value is -3.42. The third-order valence-corrected chi connectivity index (χ3v) is 6.43. The molecule has 8 heteroatoms. The summed E-state index contributed by atoms with van der Waals surface area (Å²) < 4.78 is 2.06. The van der Waals surface area contributed by atoms with Crippen LogP contribution in [0.25, 0.3) is 11.0 Å². The van der Waals surface area contributed by atoms with Crippen LogP contribution in [0.15, 0.2) is 71.9 Å². The van der Waals surface area contributed by atoms with Crippen LogP contribution in [0, 0.1) is 0 Å². The van der Waals surface area contributed by atoms with E-state index >= 15 is 0 Å². The Morgan fingerprint density at radius 1 is 0.941 bits per heavy atom. The van der Waals surface area contributed by atoms with Gasteiger partial charge in [0.25, 0.3) is 0 Å². The van der Waals surface area contributed by atoms with Crippen LogP contribution in [0.2, 0.25) is 5.02 Å². The van der Waals surface area contributed by atoms with Crippen molar-refractivity contribution in [1.82, 2.24) is 9.55 Å². The van der Waals surface area contributed by atoms with E-state index in [9.17, 15) is 14.4 Å². The van der Waals surface area contributed by atoms with E-state index in [1.165, 1.54) is 31.7 Å². The molecule has 0 saturated carbocycles. The minimum absolute atomic E-state index is 0.103. The number of anilines is 1. The minimum Gasteiger partial charge on any atom is -0.325 e. The fourth-order valence-corrected chi connectivity index (χ4v) is 4.52. The molecule has 0 aliphatic rings. The molecule has 172 valence electrons. The van der Waals surface area contributed by atoms with Crippen molar-refractivity contribution in [2.45, 2.75) is 25.5 Å². The van der Waals surface area contributed by atoms with E-state index in [1.807, 2.05) is 42.5 Å². The van der Waals surface area contributed by atoms with Crippen LogP contribution in [0.5, 0.6) is 0 Å². The van der Waals surface area contributed by atoms with Crippen LogP contribution < -0.4 is 5.32 Å². The Morgan fingerprint density at radius 2 is 1.62 bits per heavy atom. The molecule has 0 spiro atoms. The van der Waals surface area contributed by atoms with Crippen molar-refractivity contribution in [2.24, 2.45) is 0 Å². The van der Waals surface area contributed by atoms with Gasteiger partial charge in [0.1, 0.15) is 0 Å². The molecular weight excluding hydrogens is 470 g/mol. The van der Waals surface area contributed by atoms with Gasteiger partial charge >= 0.3 is 0 Å². The van der Waals surface area contributed by atoms with Gasteiger partial charge in [-0.2, -0.15) is 0 Å². The molecule has 0 aliphatic carbocycles. The molecule has 1 heterocycles. The maximum absolute atomic E-state index is 12.7. The number of ketones is 2. The highest BCUT2D eigenvalue weighted by molar-refractivity contribution is 7.99. The number of aromatic nitrogens is 2. The molecule has 4 rings (SSSR count). The molecule has 0 unspecified atom stereocenters. The summed E-state index contributed by atoms with van der Waals surface area (Å²) in [5, 5.41) is 4.08. The van der Waals surface area contributed by atoms with Gasteiger partial charge in [0.2, 0.25) is 5.91 Å². The number of hydrogen-bond donors (Lipinski definition) is 1. The number of rotatable bonds is 8. The summed E-state index contributed by atoms with van der Waals surface area (Å²) in [5.41, 5.74) is 3.95. The smallest absolute Gasteiger partial charge is 0.234 e. The SMILES string of the molecule is CC(=O)c1cc(NC(=O)CSc2nc3cc(Cl)ccc3n2Cc2ccccc2)cc(C(C)=O)c1. The number of carbonyl (C=O) groups is 3. The van der Waals surface area contributed by atoms with Crippen LogP contribution in [0.4, 0.5) is 5.69 Å². The molecule has 6 nitrogen and oxygen atoms in total. The van der Waals surface area contributed by atoms with E-state index in [4.69, 9.17) is 16.6 Å². The maximum atomic E-state index is 12.7. The number of Topliss-reactive ketones (excluding diaryl/α,β-unsaturated/α-hetero) is 2. The number of nitrogens with one attached hydrogen (secondary N) is 1. The predicted molar refractivity (Wildman–Crippen MR) is 136 cm³/mol. The largest absolute Gasteiger partial charge is 0.325 e. The lowest BCUT2D eigenvalue weighted by Crippen LogP contribution is -2.15. The van der Waals surface area contributed by atoms with E-state index in [0.29, 0.717) is 33.5 Å². The van der Waals surface area contributed by atoms with Crippen molar-refractivity contribution in [3.63, 3.8) is 0 Å². The number of amides is 1. The highest BCUT2D eigenvalue weighted by Gasteiger charge is 2.15. The zero-order valence-corrected chi connectivity index (χ0v) is 20.2. The lowest BCUT2D eigenvalue weighted by molar-refractivity contribution is -0.113. The van der Waals surface area contributed by atoms with Gasteiger partial charge in [-0.15, -0.1) is 0 Å². The second-order valence-electron chi connectivity index (χ2n) is 7.85. The first-order valence-corrected chi connectivity index (χ1v) is 12.0. The fraction of sp³-hybridized carbons (Fsp3) is 0.154. The fourth-order valence-electron chi connectivity index (χ4n) is 3.54. The molecule has 34 heavy (non-hydrogen) atoms. The van der Waals surface area contributed by atoms with E-state index in [1.54, 1.807) is 18.2 Å². The summed E-state index contributed by atoms with van der Waals surface area (Å²) in [7, 11) is 0. The van der Waals surface area contributed by atoms with E-state index in [2.05, 4.69) is 9.88 Å². The maximum Gasteiger partial charge on any atom is 0.234 e. The average molecular weight is 492 g/mol. The molecule has 0 aliphatic heterocycles. The predicted octanol–water partition coefficient (Wildman–Crippen LogP) is 5.87. The zero-order chi connectivity index (χ0) is 24.2. The monoisotopic (exact) mass is 491 g/mol. The second-order valence-corrected chi connectivity index (χ2v) is 9.23. The van der Waals surface area contributed by atoms with Gasteiger partial charge in [0, 0.05) is 21.8 Å². The van der Waals surface area contributed by atoms with Crippen molar-refractivity contribution in [3.05, 3.63) is 88.4 Å². The molecule has 0 fully saturated rings. The van der Waals surface area contributed by atoms with Crippen LogP contribution in [0.1, 0.15) is 40.1 Å². The standard InChI is InChI=1S/C26H22ClN3O3S/c1-16(31)19-10-20(17(2)32)12-22(11-19)28-25(33)15-34-26-29-23-13-21(27)8-9-24(23)30(26)14-18-6-4-3-5-7-18/h3-13H,14-15H2,1-2H3,(H,28,33). The van der Waals surface area contributed by atoms with Gasteiger partial charge in [0.15, 0.2) is 16.7 Å². The lowest BCUT2D eigenvalue weighted by Gasteiger charge is -2.10. The summed E-state index contributed by atoms with van der Waals surface area (Å²) in [6, 6.07) is 20.2. The summed E-state index contributed by atoms with van der Waals surface area (Å²) in [6.45, 7) is 3.44. The van der Waals surface area contributed by atoms with Crippen LogP contribution >= 0.6 is 23.4 Å². The highest BCUT2D eigenvalue weighted by Crippen LogP contribution is 2.27. The lowest BCUT2D eigenvalue weighted by atomic mass is 10.0. The molecule has 1 N–H and O–H groups in total. The number of thioether (sulfide) groups is 1. The summed E-state index contributed by atoms with van der Waals surface area (Å²) in [4.78, 5) is 41.1. The van der Waals surface area contributed by atoms with Gasteiger partial charge < -0.3 is 9.88 Å². The first kappa shape index (κ1) is 23.7. The summed E-state index contributed by atoms with van der Waals surface area (Å²) >= 11 is 7.47. The van der Waals surface area contributed by atoms with Crippen molar-refractivity contribution < 1.29 is 14.4 Å². The first-order valence-electron chi connectivity index (χ1n) is 10.6. The van der Waals surface area contributed by atoms with Gasteiger partial charge in [-0.05, 0) is 55.8 Å². The second kappa shape index (κ2) is 10.2. The van der Waals surface area contributed by atoms with Crippen LogP contribution in [-0.2, 0) is 11.3 Å². The Bertz CT molecular complexity index is 1370. The molecule has 4 aromatic rings. The van der Waals surface area contributed by atoms with Crippen molar-refractivity contribution in [2.75, 3.05) is 11.1 Å². The summed E-state index contributed by atoms with van der Waals surface area (Å²) in [5.74, 6) is -0.523.